The molecule has 0 saturated heterocycles. The van der Waals surface area contributed by atoms with Crippen molar-refractivity contribution in [1.82, 2.24) is 0 Å². The maximum atomic E-state index is 12.3. The Morgan fingerprint density at radius 1 is 0.800 bits per heavy atom. The summed E-state index contributed by atoms with van der Waals surface area (Å²) in [6.07, 6.45) is 0. The molecule has 0 spiro atoms. The van der Waals surface area contributed by atoms with Crippen LogP contribution in [0.3, 0.4) is 0 Å². The molecule has 1 heterocycles. The van der Waals surface area contributed by atoms with E-state index in [2.05, 4.69) is 52.3 Å². The normalized spacial score (nSPS) is 13.2. The summed E-state index contributed by atoms with van der Waals surface area (Å²) in [6, 6.07) is 21.9. The van der Waals surface area contributed by atoms with Crippen molar-refractivity contribution < 1.29 is 10.4 Å². The lowest BCUT2D eigenvalue weighted by Crippen LogP contribution is -2.80. The van der Waals surface area contributed by atoms with Crippen LogP contribution in [-0.2, 0) is 0 Å². The number of quaternary nitrogens is 1. The van der Waals surface area contributed by atoms with Crippen molar-refractivity contribution in [2.45, 2.75) is 0 Å². The van der Waals surface area contributed by atoms with Gasteiger partial charge in [-0.3, -0.25) is 5.32 Å². The predicted octanol–water partition coefficient (Wildman–Crippen LogP) is 4.12. The SMILES string of the molecule is [O-]c1ccc(Br)cc1C1=Nc2c(c3ccccc3c3ccccc23)[NH2+]1. The van der Waals surface area contributed by atoms with E-state index in [0.717, 1.165) is 32.5 Å². The molecular formula is C21H13BrN2O. The maximum absolute atomic E-state index is 12.3. The molecule has 5 rings (SSSR count). The van der Waals surface area contributed by atoms with E-state index < -0.39 is 0 Å². The minimum absolute atomic E-state index is 0.0142. The van der Waals surface area contributed by atoms with E-state index in [4.69, 9.17) is 4.99 Å². The van der Waals surface area contributed by atoms with Crippen LogP contribution in [0.5, 0.6) is 5.75 Å². The number of fused-ring (bicyclic) bond motifs is 6. The molecule has 0 radical (unpaired) electrons. The van der Waals surface area contributed by atoms with Crippen LogP contribution in [-0.4, -0.2) is 5.84 Å². The Kier molecular flexibility index (Phi) is 3.17. The Labute approximate surface area is 152 Å². The molecule has 0 saturated carbocycles. The molecule has 0 bridgehead atoms. The zero-order chi connectivity index (χ0) is 17.0. The van der Waals surface area contributed by atoms with E-state index >= 15 is 0 Å². The molecule has 4 aromatic carbocycles. The zero-order valence-corrected chi connectivity index (χ0v) is 14.7. The fourth-order valence-electron chi connectivity index (χ4n) is 3.55. The molecule has 0 aromatic heterocycles. The molecule has 0 aliphatic carbocycles. The van der Waals surface area contributed by atoms with Crippen molar-refractivity contribution >= 4 is 54.7 Å². The number of aliphatic imine (C=N–C) groups is 1. The zero-order valence-electron chi connectivity index (χ0n) is 13.2. The second kappa shape index (κ2) is 5.41. The number of halogens is 1. The number of rotatable bonds is 1. The summed E-state index contributed by atoms with van der Waals surface area (Å²) in [5.74, 6) is 0.711. The number of nitrogens with two attached hydrogens (primary N) is 1. The van der Waals surface area contributed by atoms with Crippen molar-refractivity contribution in [3.63, 3.8) is 0 Å². The van der Waals surface area contributed by atoms with Crippen molar-refractivity contribution in [2.24, 2.45) is 4.99 Å². The minimum Gasteiger partial charge on any atom is -0.872 e. The van der Waals surface area contributed by atoms with E-state index in [1.54, 1.807) is 12.1 Å². The monoisotopic (exact) mass is 388 g/mol. The van der Waals surface area contributed by atoms with E-state index in [-0.39, 0.29) is 5.75 Å². The lowest BCUT2D eigenvalue weighted by molar-refractivity contribution is -0.435. The molecule has 1 aliphatic heterocycles. The molecule has 4 aromatic rings. The van der Waals surface area contributed by atoms with Crippen LogP contribution in [0, 0.1) is 0 Å². The third-order valence-electron chi connectivity index (χ3n) is 4.68. The fourth-order valence-corrected chi connectivity index (χ4v) is 3.91. The lowest BCUT2D eigenvalue weighted by Gasteiger charge is -2.11. The first-order chi connectivity index (χ1) is 12.2. The summed E-state index contributed by atoms with van der Waals surface area (Å²) in [6.45, 7) is 0. The van der Waals surface area contributed by atoms with Crippen LogP contribution in [0.4, 0.5) is 11.4 Å². The number of benzene rings is 4. The van der Waals surface area contributed by atoms with Crippen LogP contribution in [0.1, 0.15) is 5.56 Å². The van der Waals surface area contributed by atoms with Gasteiger partial charge in [-0.2, -0.15) is 4.99 Å². The van der Waals surface area contributed by atoms with Gasteiger partial charge in [-0.25, -0.2) is 0 Å². The second-order valence-electron chi connectivity index (χ2n) is 6.14. The number of hydrogen-bond acceptors (Lipinski definition) is 2. The van der Waals surface area contributed by atoms with Crippen molar-refractivity contribution in [3.8, 4) is 5.75 Å². The van der Waals surface area contributed by atoms with Crippen LogP contribution >= 0.6 is 15.9 Å². The lowest BCUT2D eigenvalue weighted by atomic mass is 9.99. The fraction of sp³-hybridized carbons (Fsp3) is 0. The average molecular weight is 389 g/mol. The van der Waals surface area contributed by atoms with Gasteiger partial charge in [0.1, 0.15) is 5.69 Å². The number of nitrogens with zero attached hydrogens (tertiary/aromatic N) is 1. The quantitative estimate of drug-likeness (QED) is 0.387. The van der Waals surface area contributed by atoms with E-state index in [1.807, 2.05) is 23.5 Å². The Bertz CT molecular complexity index is 1200. The van der Waals surface area contributed by atoms with Gasteiger partial charge >= 0.3 is 0 Å². The number of hydrogen-bond donors (Lipinski definition) is 1. The van der Waals surface area contributed by atoms with Crippen LogP contribution < -0.4 is 10.4 Å². The minimum atomic E-state index is -0.0142. The molecule has 4 heteroatoms. The molecule has 1 aliphatic rings. The summed E-state index contributed by atoms with van der Waals surface area (Å²) in [7, 11) is 0. The van der Waals surface area contributed by atoms with Crippen LogP contribution in [0.2, 0.25) is 0 Å². The first kappa shape index (κ1) is 14.6. The van der Waals surface area contributed by atoms with Gasteiger partial charge < -0.3 is 5.11 Å². The van der Waals surface area contributed by atoms with Crippen molar-refractivity contribution in [3.05, 3.63) is 76.8 Å². The topological polar surface area (TPSA) is 52.0 Å². The molecular weight excluding hydrogens is 376 g/mol. The van der Waals surface area contributed by atoms with E-state index in [1.165, 1.54) is 10.8 Å². The third-order valence-corrected chi connectivity index (χ3v) is 5.17. The summed E-state index contributed by atoms with van der Waals surface area (Å²) in [4.78, 5) is 4.84. The molecule has 120 valence electrons. The smallest absolute Gasteiger partial charge is 0.236 e. The highest BCUT2D eigenvalue weighted by molar-refractivity contribution is 9.10. The largest absolute Gasteiger partial charge is 0.872 e. The van der Waals surface area contributed by atoms with E-state index in [0.29, 0.717) is 5.56 Å². The Hall–Kier alpha value is -2.69. The van der Waals surface area contributed by atoms with Gasteiger partial charge in [0, 0.05) is 20.8 Å². The van der Waals surface area contributed by atoms with Crippen molar-refractivity contribution in [1.29, 1.82) is 0 Å². The summed E-state index contributed by atoms with van der Waals surface area (Å²) in [5.41, 5.74) is 2.66. The van der Waals surface area contributed by atoms with Gasteiger partial charge in [-0.05, 0) is 29.0 Å². The molecule has 2 N–H and O–H groups in total. The highest BCUT2D eigenvalue weighted by Crippen LogP contribution is 2.41. The molecule has 0 fully saturated rings. The standard InChI is InChI=1S/C21H13BrN2O/c22-12-9-10-18(25)17(11-12)21-23-19-15-7-3-1-5-13(15)14-6-2-4-8-16(14)20(19)24-21/h1-11,25H,(H,23,24). The van der Waals surface area contributed by atoms with Gasteiger partial charge in [0.25, 0.3) is 0 Å². The van der Waals surface area contributed by atoms with Crippen LogP contribution in [0.25, 0.3) is 21.5 Å². The van der Waals surface area contributed by atoms with Gasteiger partial charge in [0.2, 0.25) is 5.84 Å². The number of amidine groups is 1. The highest BCUT2D eigenvalue weighted by Gasteiger charge is 2.26. The second-order valence-corrected chi connectivity index (χ2v) is 7.05. The molecule has 0 unspecified atom stereocenters. The predicted molar refractivity (Wildman–Crippen MR) is 103 cm³/mol. The summed E-state index contributed by atoms with van der Waals surface area (Å²) >= 11 is 3.45. The van der Waals surface area contributed by atoms with Gasteiger partial charge in [-0.15, -0.1) is 0 Å². The van der Waals surface area contributed by atoms with Gasteiger partial charge in [0.05, 0.1) is 0 Å². The van der Waals surface area contributed by atoms with Crippen LogP contribution in [0.15, 0.2) is 76.2 Å². The third kappa shape index (κ3) is 2.18. The molecule has 25 heavy (non-hydrogen) atoms. The van der Waals surface area contributed by atoms with Gasteiger partial charge in [0.15, 0.2) is 5.69 Å². The Balaban J connectivity index is 1.83. The van der Waals surface area contributed by atoms with Crippen molar-refractivity contribution in [2.75, 3.05) is 0 Å². The van der Waals surface area contributed by atoms with E-state index in [9.17, 15) is 5.11 Å². The summed E-state index contributed by atoms with van der Waals surface area (Å²) < 4.78 is 0.879. The molecule has 0 amide bonds. The first-order valence-corrected chi connectivity index (χ1v) is 8.85. The Morgan fingerprint density at radius 3 is 2.20 bits per heavy atom. The first-order valence-electron chi connectivity index (χ1n) is 8.06. The Morgan fingerprint density at radius 2 is 1.44 bits per heavy atom. The molecule has 3 nitrogen and oxygen atoms in total. The average Bonchev–Trinajstić information content (AvgIpc) is 3.09. The maximum Gasteiger partial charge on any atom is 0.236 e. The summed E-state index contributed by atoms with van der Waals surface area (Å²) in [5, 5.41) is 19.0. The molecule has 0 atom stereocenters. The van der Waals surface area contributed by atoms with Gasteiger partial charge in [-0.1, -0.05) is 70.2 Å². The highest BCUT2D eigenvalue weighted by atomic mass is 79.9.